The molecule has 2 atom stereocenters. The summed E-state index contributed by atoms with van der Waals surface area (Å²) in [4.78, 5) is 0. The molecule has 0 spiro atoms. The van der Waals surface area contributed by atoms with E-state index in [0.29, 0.717) is 12.8 Å². The molecular weight excluding hydrogens is 132 g/mol. The van der Waals surface area contributed by atoms with Gasteiger partial charge < -0.3 is 15.3 Å². The van der Waals surface area contributed by atoms with Crippen LogP contribution >= 0.6 is 0 Å². The van der Waals surface area contributed by atoms with Crippen LogP contribution in [0.15, 0.2) is 0 Å². The number of rotatable bonds is 1. The van der Waals surface area contributed by atoms with E-state index in [-0.39, 0.29) is 6.61 Å². The Bertz CT molecular complexity index is 115. The summed E-state index contributed by atoms with van der Waals surface area (Å²) in [6.07, 6.45) is 2.07. The topological polar surface area (TPSA) is 60.7 Å². The normalized spacial score (nSPS) is 41.7. The molecule has 60 valence electrons. The van der Waals surface area contributed by atoms with Crippen molar-refractivity contribution in [2.45, 2.75) is 37.4 Å². The maximum atomic E-state index is 9.44. The summed E-state index contributed by atoms with van der Waals surface area (Å²) >= 11 is 0. The van der Waals surface area contributed by atoms with Crippen molar-refractivity contribution >= 4 is 0 Å². The third-order valence-corrected chi connectivity index (χ3v) is 2.09. The second kappa shape index (κ2) is 2.86. The molecule has 2 unspecified atom stereocenters. The Morgan fingerprint density at radius 1 is 1.50 bits per heavy atom. The smallest absolute Gasteiger partial charge is 0.0902 e. The standard InChI is InChI=1S/C7H14O3/c8-5-7(10)3-1-2-6(9)4-7/h6,8-10H,1-5H2. The average Bonchev–Trinajstić information content (AvgIpc) is 1.88. The minimum Gasteiger partial charge on any atom is -0.393 e. The molecule has 3 nitrogen and oxygen atoms in total. The van der Waals surface area contributed by atoms with Crippen LogP contribution in [0.3, 0.4) is 0 Å². The SMILES string of the molecule is OCC1(O)CCCC(O)C1. The van der Waals surface area contributed by atoms with Gasteiger partial charge in [-0.3, -0.25) is 0 Å². The monoisotopic (exact) mass is 146 g/mol. The molecule has 0 amide bonds. The highest BCUT2D eigenvalue weighted by molar-refractivity contribution is 4.85. The zero-order chi connectivity index (χ0) is 7.61. The molecule has 1 aliphatic rings. The van der Waals surface area contributed by atoms with Crippen LogP contribution in [-0.4, -0.2) is 33.6 Å². The summed E-state index contributed by atoms with van der Waals surface area (Å²) in [6, 6.07) is 0. The van der Waals surface area contributed by atoms with E-state index in [1.165, 1.54) is 0 Å². The summed E-state index contributed by atoms with van der Waals surface area (Å²) in [5.74, 6) is 0. The van der Waals surface area contributed by atoms with Crippen molar-refractivity contribution < 1.29 is 15.3 Å². The van der Waals surface area contributed by atoms with Gasteiger partial charge in [-0.2, -0.15) is 0 Å². The Labute approximate surface area is 60.3 Å². The van der Waals surface area contributed by atoms with E-state index in [1.807, 2.05) is 0 Å². The summed E-state index contributed by atoms with van der Waals surface area (Å²) in [5, 5.41) is 27.3. The Morgan fingerprint density at radius 2 is 2.20 bits per heavy atom. The number of aliphatic hydroxyl groups is 3. The van der Waals surface area contributed by atoms with Crippen LogP contribution in [0.25, 0.3) is 0 Å². The van der Waals surface area contributed by atoms with Gasteiger partial charge in [0.25, 0.3) is 0 Å². The fraction of sp³-hybridized carbons (Fsp3) is 1.00. The van der Waals surface area contributed by atoms with E-state index in [9.17, 15) is 5.11 Å². The van der Waals surface area contributed by atoms with E-state index in [2.05, 4.69) is 0 Å². The highest BCUT2D eigenvalue weighted by atomic mass is 16.3. The summed E-state index contributed by atoms with van der Waals surface area (Å²) in [5.41, 5.74) is -1.00. The van der Waals surface area contributed by atoms with Crippen molar-refractivity contribution in [2.75, 3.05) is 6.61 Å². The van der Waals surface area contributed by atoms with Crippen LogP contribution < -0.4 is 0 Å². The van der Waals surface area contributed by atoms with Gasteiger partial charge in [-0.25, -0.2) is 0 Å². The van der Waals surface area contributed by atoms with Crippen LogP contribution in [-0.2, 0) is 0 Å². The molecule has 0 aliphatic heterocycles. The molecule has 0 aromatic heterocycles. The van der Waals surface area contributed by atoms with Gasteiger partial charge in [0, 0.05) is 6.42 Å². The van der Waals surface area contributed by atoms with Crippen molar-refractivity contribution in [2.24, 2.45) is 0 Å². The van der Waals surface area contributed by atoms with Gasteiger partial charge in [0.15, 0.2) is 0 Å². The summed E-state index contributed by atoms with van der Waals surface area (Å²) < 4.78 is 0. The Kier molecular flexibility index (Phi) is 2.28. The van der Waals surface area contributed by atoms with E-state index < -0.39 is 11.7 Å². The molecule has 1 rings (SSSR count). The van der Waals surface area contributed by atoms with Crippen molar-refractivity contribution in [3.8, 4) is 0 Å². The third-order valence-electron chi connectivity index (χ3n) is 2.09. The zero-order valence-electron chi connectivity index (χ0n) is 5.95. The van der Waals surface area contributed by atoms with Crippen LogP contribution in [0.2, 0.25) is 0 Å². The van der Waals surface area contributed by atoms with Crippen LogP contribution in [0.5, 0.6) is 0 Å². The van der Waals surface area contributed by atoms with Crippen molar-refractivity contribution in [1.29, 1.82) is 0 Å². The molecule has 3 heteroatoms. The molecule has 1 aliphatic carbocycles. The van der Waals surface area contributed by atoms with E-state index in [4.69, 9.17) is 10.2 Å². The van der Waals surface area contributed by atoms with E-state index >= 15 is 0 Å². The van der Waals surface area contributed by atoms with Gasteiger partial charge in [-0.15, -0.1) is 0 Å². The van der Waals surface area contributed by atoms with Gasteiger partial charge in [0.1, 0.15) is 0 Å². The number of aliphatic hydroxyl groups excluding tert-OH is 2. The lowest BCUT2D eigenvalue weighted by atomic mass is 9.84. The van der Waals surface area contributed by atoms with Gasteiger partial charge in [-0.1, -0.05) is 0 Å². The minimum atomic E-state index is -1.00. The fourth-order valence-electron chi connectivity index (χ4n) is 1.45. The van der Waals surface area contributed by atoms with Crippen molar-refractivity contribution in [3.63, 3.8) is 0 Å². The fourth-order valence-corrected chi connectivity index (χ4v) is 1.45. The van der Waals surface area contributed by atoms with Gasteiger partial charge in [0.2, 0.25) is 0 Å². The number of hydrogen-bond acceptors (Lipinski definition) is 3. The Balaban J connectivity index is 2.45. The second-order valence-electron chi connectivity index (χ2n) is 3.13. The highest BCUT2D eigenvalue weighted by Gasteiger charge is 2.32. The van der Waals surface area contributed by atoms with E-state index in [1.54, 1.807) is 0 Å². The molecular formula is C7H14O3. The molecule has 1 saturated carbocycles. The average molecular weight is 146 g/mol. The second-order valence-corrected chi connectivity index (χ2v) is 3.13. The highest BCUT2D eigenvalue weighted by Crippen LogP contribution is 2.27. The molecule has 10 heavy (non-hydrogen) atoms. The predicted octanol–water partition coefficient (Wildman–Crippen LogP) is -0.355. The van der Waals surface area contributed by atoms with Crippen molar-refractivity contribution in [3.05, 3.63) is 0 Å². The molecule has 3 N–H and O–H groups in total. The Morgan fingerprint density at radius 3 is 2.60 bits per heavy atom. The molecule has 1 fully saturated rings. The molecule has 0 radical (unpaired) electrons. The summed E-state index contributed by atoms with van der Waals surface area (Å²) in [7, 11) is 0. The maximum absolute atomic E-state index is 9.44. The molecule has 0 aromatic rings. The quantitative estimate of drug-likeness (QED) is 0.473. The van der Waals surface area contributed by atoms with Gasteiger partial charge in [0.05, 0.1) is 18.3 Å². The van der Waals surface area contributed by atoms with Gasteiger partial charge >= 0.3 is 0 Å². The number of hydrogen-bond donors (Lipinski definition) is 3. The lowest BCUT2D eigenvalue weighted by Crippen LogP contribution is -2.40. The molecule has 0 aromatic carbocycles. The first-order valence-electron chi connectivity index (χ1n) is 3.68. The van der Waals surface area contributed by atoms with Crippen LogP contribution in [0.4, 0.5) is 0 Å². The lowest BCUT2D eigenvalue weighted by molar-refractivity contribution is -0.0771. The molecule has 0 bridgehead atoms. The lowest BCUT2D eigenvalue weighted by Gasteiger charge is -2.32. The Hall–Kier alpha value is -0.120. The largest absolute Gasteiger partial charge is 0.393 e. The molecule has 0 heterocycles. The van der Waals surface area contributed by atoms with Gasteiger partial charge in [-0.05, 0) is 19.3 Å². The third kappa shape index (κ3) is 1.68. The summed E-state index contributed by atoms with van der Waals surface area (Å²) in [6.45, 7) is -0.232. The maximum Gasteiger partial charge on any atom is 0.0902 e. The predicted molar refractivity (Wildman–Crippen MR) is 36.5 cm³/mol. The van der Waals surface area contributed by atoms with Crippen LogP contribution in [0, 0.1) is 0 Å². The van der Waals surface area contributed by atoms with Crippen molar-refractivity contribution in [1.82, 2.24) is 0 Å². The zero-order valence-corrected chi connectivity index (χ0v) is 5.95. The van der Waals surface area contributed by atoms with Crippen LogP contribution in [0.1, 0.15) is 25.7 Å². The minimum absolute atomic E-state index is 0.232. The first-order chi connectivity index (χ1) is 4.66. The first kappa shape index (κ1) is 7.98. The molecule has 0 saturated heterocycles. The van der Waals surface area contributed by atoms with E-state index in [0.717, 1.165) is 12.8 Å². The first-order valence-corrected chi connectivity index (χ1v) is 3.68.